The van der Waals surface area contributed by atoms with Crippen molar-refractivity contribution in [3.8, 4) is 5.75 Å². The zero-order valence-electron chi connectivity index (χ0n) is 13.6. The fourth-order valence-corrected chi connectivity index (χ4v) is 1.70. The highest BCUT2D eigenvalue weighted by Gasteiger charge is 2.07. The third kappa shape index (κ3) is 7.11. The Bertz CT molecular complexity index is 469. The zero-order chi connectivity index (χ0) is 16.4. The molecule has 122 valence electrons. The van der Waals surface area contributed by atoms with Crippen molar-refractivity contribution >= 4 is 11.8 Å². The number of rotatable bonds is 9. The fourth-order valence-electron chi connectivity index (χ4n) is 1.70. The summed E-state index contributed by atoms with van der Waals surface area (Å²) < 4.78 is 5.60. The van der Waals surface area contributed by atoms with Gasteiger partial charge in [-0.1, -0.05) is 20.8 Å². The average molecular weight is 306 g/mol. The summed E-state index contributed by atoms with van der Waals surface area (Å²) in [7, 11) is 0. The van der Waals surface area contributed by atoms with Crippen LogP contribution in [0.1, 0.15) is 44.0 Å². The van der Waals surface area contributed by atoms with Crippen molar-refractivity contribution < 1.29 is 14.3 Å². The van der Waals surface area contributed by atoms with E-state index in [1.165, 1.54) is 0 Å². The van der Waals surface area contributed by atoms with Gasteiger partial charge in [-0.3, -0.25) is 9.59 Å². The summed E-state index contributed by atoms with van der Waals surface area (Å²) in [6.45, 7) is 7.55. The van der Waals surface area contributed by atoms with E-state index in [1.807, 2.05) is 6.92 Å². The number of ether oxygens (including phenoxy) is 1. The first kappa shape index (κ1) is 18.0. The Hall–Kier alpha value is -2.04. The molecule has 2 amide bonds. The lowest BCUT2D eigenvalue weighted by Gasteiger charge is -2.09. The molecule has 0 unspecified atom stereocenters. The number of carbonyl (C=O) groups excluding carboxylic acids is 2. The van der Waals surface area contributed by atoms with Crippen LogP contribution in [0.15, 0.2) is 24.3 Å². The van der Waals surface area contributed by atoms with E-state index in [-0.39, 0.29) is 18.4 Å². The molecular weight excluding hydrogens is 280 g/mol. The number of carbonyl (C=O) groups is 2. The second-order valence-corrected chi connectivity index (χ2v) is 5.59. The SMILES string of the molecule is CCCNC(=O)CNC(=O)c1ccc(OCCC(C)C)cc1. The number of nitrogens with one attached hydrogen (secondary N) is 2. The van der Waals surface area contributed by atoms with Crippen LogP contribution in [0.3, 0.4) is 0 Å². The maximum Gasteiger partial charge on any atom is 0.251 e. The molecule has 0 bridgehead atoms. The van der Waals surface area contributed by atoms with Crippen LogP contribution in [0, 0.1) is 5.92 Å². The smallest absolute Gasteiger partial charge is 0.251 e. The van der Waals surface area contributed by atoms with Gasteiger partial charge in [0.1, 0.15) is 5.75 Å². The van der Waals surface area contributed by atoms with Gasteiger partial charge in [0.2, 0.25) is 5.91 Å². The molecule has 0 heterocycles. The Kier molecular flexibility index (Phi) is 8.04. The molecule has 0 aliphatic heterocycles. The highest BCUT2D eigenvalue weighted by Crippen LogP contribution is 2.13. The van der Waals surface area contributed by atoms with Gasteiger partial charge in [-0.05, 0) is 43.0 Å². The zero-order valence-corrected chi connectivity index (χ0v) is 13.6. The minimum atomic E-state index is -0.264. The van der Waals surface area contributed by atoms with Crippen LogP contribution in [0.4, 0.5) is 0 Å². The quantitative estimate of drug-likeness (QED) is 0.736. The van der Waals surface area contributed by atoms with Crippen molar-refractivity contribution in [2.24, 2.45) is 5.92 Å². The van der Waals surface area contributed by atoms with E-state index in [0.29, 0.717) is 24.6 Å². The second kappa shape index (κ2) is 9.82. The first-order chi connectivity index (χ1) is 10.5. The lowest BCUT2D eigenvalue weighted by Crippen LogP contribution is -2.37. The summed E-state index contributed by atoms with van der Waals surface area (Å²) in [5.74, 6) is 0.908. The largest absolute Gasteiger partial charge is 0.494 e. The Balaban J connectivity index is 2.38. The second-order valence-electron chi connectivity index (χ2n) is 5.59. The lowest BCUT2D eigenvalue weighted by molar-refractivity contribution is -0.120. The van der Waals surface area contributed by atoms with E-state index < -0.39 is 0 Å². The van der Waals surface area contributed by atoms with Gasteiger partial charge < -0.3 is 15.4 Å². The van der Waals surface area contributed by atoms with Crippen LogP contribution >= 0.6 is 0 Å². The fraction of sp³-hybridized carbons (Fsp3) is 0.529. The van der Waals surface area contributed by atoms with Crippen LogP contribution < -0.4 is 15.4 Å². The average Bonchev–Trinajstić information content (AvgIpc) is 2.51. The summed E-state index contributed by atoms with van der Waals surface area (Å²) in [6, 6.07) is 6.94. The first-order valence-electron chi connectivity index (χ1n) is 7.80. The predicted octanol–water partition coefficient (Wildman–Crippen LogP) is 2.37. The van der Waals surface area contributed by atoms with Crippen molar-refractivity contribution in [1.82, 2.24) is 10.6 Å². The molecule has 0 aliphatic carbocycles. The molecular formula is C17H26N2O3. The Morgan fingerprint density at radius 1 is 1.14 bits per heavy atom. The number of hydrogen-bond donors (Lipinski definition) is 2. The van der Waals surface area contributed by atoms with E-state index in [4.69, 9.17) is 4.74 Å². The highest BCUT2D eigenvalue weighted by atomic mass is 16.5. The van der Waals surface area contributed by atoms with E-state index in [0.717, 1.165) is 18.6 Å². The van der Waals surface area contributed by atoms with Gasteiger partial charge in [-0.25, -0.2) is 0 Å². The summed E-state index contributed by atoms with van der Waals surface area (Å²) in [5, 5.41) is 5.30. The molecule has 0 saturated heterocycles. The van der Waals surface area contributed by atoms with Gasteiger partial charge in [0.05, 0.1) is 13.2 Å². The minimum absolute atomic E-state index is 0.00846. The van der Waals surface area contributed by atoms with Crippen molar-refractivity contribution in [2.45, 2.75) is 33.6 Å². The molecule has 1 aromatic carbocycles. The molecule has 1 rings (SSSR count). The summed E-state index contributed by atoms with van der Waals surface area (Å²) in [6.07, 6.45) is 1.87. The van der Waals surface area contributed by atoms with Crippen LogP contribution in [-0.2, 0) is 4.79 Å². The molecule has 0 aromatic heterocycles. The van der Waals surface area contributed by atoms with Gasteiger partial charge in [0.15, 0.2) is 0 Å². The van der Waals surface area contributed by atoms with E-state index in [1.54, 1.807) is 24.3 Å². The first-order valence-corrected chi connectivity index (χ1v) is 7.80. The van der Waals surface area contributed by atoms with Gasteiger partial charge in [-0.15, -0.1) is 0 Å². The predicted molar refractivity (Wildman–Crippen MR) is 87.0 cm³/mol. The topological polar surface area (TPSA) is 67.4 Å². The molecule has 1 aromatic rings. The third-order valence-electron chi connectivity index (χ3n) is 3.06. The maximum atomic E-state index is 11.9. The number of hydrogen-bond acceptors (Lipinski definition) is 3. The highest BCUT2D eigenvalue weighted by molar-refractivity contribution is 5.96. The number of amides is 2. The summed E-state index contributed by atoms with van der Waals surface area (Å²) >= 11 is 0. The van der Waals surface area contributed by atoms with Gasteiger partial charge in [0, 0.05) is 12.1 Å². The minimum Gasteiger partial charge on any atom is -0.494 e. The molecule has 5 nitrogen and oxygen atoms in total. The van der Waals surface area contributed by atoms with E-state index >= 15 is 0 Å². The van der Waals surface area contributed by atoms with Gasteiger partial charge in [-0.2, -0.15) is 0 Å². The summed E-state index contributed by atoms with van der Waals surface area (Å²) in [4.78, 5) is 23.3. The van der Waals surface area contributed by atoms with E-state index in [9.17, 15) is 9.59 Å². The molecule has 5 heteroatoms. The van der Waals surface area contributed by atoms with Crippen LogP contribution in [-0.4, -0.2) is 31.5 Å². The van der Waals surface area contributed by atoms with Crippen LogP contribution in [0.25, 0.3) is 0 Å². The van der Waals surface area contributed by atoms with Crippen molar-refractivity contribution in [2.75, 3.05) is 19.7 Å². The standard InChI is InChI=1S/C17H26N2O3/c1-4-10-18-16(20)12-19-17(21)14-5-7-15(8-6-14)22-11-9-13(2)3/h5-8,13H,4,9-12H2,1-3H3,(H,18,20)(H,19,21). The van der Waals surface area contributed by atoms with Crippen LogP contribution in [0.2, 0.25) is 0 Å². The van der Waals surface area contributed by atoms with Gasteiger partial charge >= 0.3 is 0 Å². The lowest BCUT2D eigenvalue weighted by atomic mass is 10.1. The molecule has 0 spiro atoms. The normalized spacial score (nSPS) is 10.4. The molecule has 0 radical (unpaired) electrons. The van der Waals surface area contributed by atoms with E-state index in [2.05, 4.69) is 24.5 Å². The van der Waals surface area contributed by atoms with Crippen molar-refractivity contribution in [3.05, 3.63) is 29.8 Å². The Morgan fingerprint density at radius 2 is 1.82 bits per heavy atom. The Labute approximate surface area is 132 Å². The Morgan fingerprint density at radius 3 is 2.41 bits per heavy atom. The van der Waals surface area contributed by atoms with Crippen LogP contribution in [0.5, 0.6) is 5.75 Å². The third-order valence-corrected chi connectivity index (χ3v) is 3.06. The molecule has 2 N–H and O–H groups in total. The molecule has 0 atom stereocenters. The maximum absolute atomic E-state index is 11.9. The molecule has 22 heavy (non-hydrogen) atoms. The van der Waals surface area contributed by atoms with Gasteiger partial charge in [0.25, 0.3) is 5.91 Å². The summed E-state index contributed by atoms with van der Waals surface area (Å²) in [5.41, 5.74) is 0.513. The molecule has 0 aliphatic rings. The monoisotopic (exact) mass is 306 g/mol. The molecule has 0 saturated carbocycles. The molecule has 0 fully saturated rings. The number of benzene rings is 1. The van der Waals surface area contributed by atoms with Crippen molar-refractivity contribution in [1.29, 1.82) is 0 Å². The van der Waals surface area contributed by atoms with Crippen molar-refractivity contribution in [3.63, 3.8) is 0 Å².